The van der Waals surface area contributed by atoms with Crippen molar-refractivity contribution in [3.8, 4) is 11.5 Å². The summed E-state index contributed by atoms with van der Waals surface area (Å²) in [7, 11) is 4.37. The van der Waals surface area contributed by atoms with E-state index in [1.165, 1.54) is 18.9 Å². The van der Waals surface area contributed by atoms with Crippen molar-refractivity contribution in [3.05, 3.63) is 48.0 Å². The number of ether oxygens (including phenoxy) is 3. The molecule has 0 fully saturated rings. The van der Waals surface area contributed by atoms with E-state index in [-0.39, 0.29) is 0 Å². The highest BCUT2D eigenvalue weighted by Gasteiger charge is 2.30. The molecular formula is C18H21NO5S. The average Bonchev–Trinajstić information content (AvgIpc) is 2.66. The Hall–Kier alpha value is -2.38. The summed E-state index contributed by atoms with van der Waals surface area (Å²) >= 11 is 1.27. The fourth-order valence-electron chi connectivity index (χ4n) is 2.23. The number of benzene rings is 2. The maximum absolute atomic E-state index is 11.9. The lowest BCUT2D eigenvalue weighted by molar-refractivity contribution is -0.150. The van der Waals surface area contributed by atoms with E-state index in [1.807, 2.05) is 0 Å². The van der Waals surface area contributed by atoms with Gasteiger partial charge in [0.15, 0.2) is 6.10 Å². The van der Waals surface area contributed by atoms with Crippen LogP contribution in [0.5, 0.6) is 11.5 Å². The van der Waals surface area contributed by atoms with E-state index in [0.717, 1.165) is 5.56 Å². The lowest BCUT2D eigenvalue weighted by Crippen LogP contribution is -2.27. The second kappa shape index (κ2) is 8.64. The standard InChI is InChI=1S/C18H21NO5S/c1-22-12-6-4-11(5-7-12)17(16(20)18(21)24-3)25-15-10-13(23-2)8-9-14(15)19/h4-10,16-17,20H,19H2,1-3H3/t16-,17+/m1/s1. The summed E-state index contributed by atoms with van der Waals surface area (Å²) in [6.07, 6.45) is -1.35. The van der Waals surface area contributed by atoms with Crippen molar-refractivity contribution in [2.24, 2.45) is 0 Å². The predicted octanol–water partition coefficient (Wildman–Crippen LogP) is 2.65. The van der Waals surface area contributed by atoms with Gasteiger partial charge in [0.2, 0.25) is 0 Å². The van der Waals surface area contributed by atoms with Crippen LogP contribution in [0.3, 0.4) is 0 Å². The zero-order valence-electron chi connectivity index (χ0n) is 14.3. The van der Waals surface area contributed by atoms with Gasteiger partial charge in [-0.15, -0.1) is 11.8 Å². The highest BCUT2D eigenvalue weighted by atomic mass is 32.2. The normalized spacial score (nSPS) is 13.0. The number of aliphatic hydroxyl groups is 1. The molecular weight excluding hydrogens is 342 g/mol. The van der Waals surface area contributed by atoms with Gasteiger partial charge in [0.05, 0.1) is 26.6 Å². The van der Waals surface area contributed by atoms with Crippen LogP contribution in [0, 0.1) is 0 Å². The number of carbonyl (C=O) groups is 1. The van der Waals surface area contributed by atoms with E-state index in [9.17, 15) is 9.90 Å². The quantitative estimate of drug-likeness (QED) is 0.444. The second-order valence-corrected chi connectivity index (χ2v) is 6.37. The third kappa shape index (κ3) is 4.58. The van der Waals surface area contributed by atoms with Crippen LogP contribution in [0.15, 0.2) is 47.4 Å². The fraction of sp³-hybridized carbons (Fsp3) is 0.278. The number of hydrogen-bond acceptors (Lipinski definition) is 7. The Bertz CT molecular complexity index is 720. The SMILES string of the molecule is COC(=O)[C@H](O)[C@@H](Sc1cc(OC)ccc1N)c1ccc(OC)cc1. The Balaban J connectivity index is 2.38. The molecule has 0 aliphatic heterocycles. The zero-order valence-corrected chi connectivity index (χ0v) is 15.1. The molecule has 134 valence electrons. The molecule has 0 saturated heterocycles. The first-order chi connectivity index (χ1) is 12.0. The van der Waals surface area contributed by atoms with Gasteiger partial charge in [0, 0.05) is 10.6 Å². The minimum Gasteiger partial charge on any atom is -0.497 e. The van der Waals surface area contributed by atoms with Crippen molar-refractivity contribution in [2.75, 3.05) is 27.1 Å². The van der Waals surface area contributed by atoms with Gasteiger partial charge in [-0.1, -0.05) is 12.1 Å². The highest BCUT2D eigenvalue weighted by Crippen LogP contribution is 2.42. The molecule has 6 nitrogen and oxygen atoms in total. The molecule has 0 aromatic heterocycles. The minimum absolute atomic E-state index is 0.529. The summed E-state index contributed by atoms with van der Waals surface area (Å²) in [5, 5.41) is 9.83. The van der Waals surface area contributed by atoms with Gasteiger partial charge in [0.25, 0.3) is 0 Å². The Morgan fingerprint density at radius 2 is 1.64 bits per heavy atom. The van der Waals surface area contributed by atoms with Crippen LogP contribution in [0.1, 0.15) is 10.8 Å². The smallest absolute Gasteiger partial charge is 0.336 e. The Kier molecular flexibility index (Phi) is 6.55. The highest BCUT2D eigenvalue weighted by molar-refractivity contribution is 7.99. The number of anilines is 1. The van der Waals surface area contributed by atoms with Gasteiger partial charge in [-0.25, -0.2) is 4.79 Å². The number of methoxy groups -OCH3 is 3. The molecule has 0 aliphatic rings. The molecule has 7 heteroatoms. The zero-order chi connectivity index (χ0) is 18.4. The van der Waals surface area contributed by atoms with Gasteiger partial charge in [-0.3, -0.25) is 0 Å². The van der Waals surface area contributed by atoms with Crippen molar-refractivity contribution in [1.29, 1.82) is 0 Å². The Labute approximate surface area is 150 Å². The first-order valence-corrected chi connectivity index (χ1v) is 8.38. The molecule has 0 heterocycles. The van der Waals surface area contributed by atoms with Crippen LogP contribution in [-0.2, 0) is 9.53 Å². The first-order valence-electron chi connectivity index (χ1n) is 7.50. The number of esters is 1. The minimum atomic E-state index is -1.35. The monoisotopic (exact) mass is 363 g/mol. The van der Waals surface area contributed by atoms with E-state index < -0.39 is 17.3 Å². The van der Waals surface area contributed by atoms with Gasteiger partial charge >= 0.3 is 5.97 Å². The van der Waals surface area contributed by atoms with E-state index in [1.54, 1.807) is 56.7 Å². The molecule has 0 radical (unpaired) electrons. The van der Waals surface area contributed by atoms with Crippen LogP contribution < -0.4 is 15.2 Å². The van der Waals surface area contributed by atoms with Crippen LogP contribution in [0.25, 0.3) is 0 Å². The number of carbonyl (C=O) groups excluding carboxylic acids is 1. The summed E-state index contributed by atoms with van der Waals surface area (Å²) in [5.74, 6) is 0.605. The summed E-state index contributed by atoms with van der Waals surface area (Å²) in [6.45, 7) is 0. The van der Waals surface area contributed by atoms with E-state index in [2.05, 4.69) is 4.74 Å². The van der Waals surface area contributed by atoms with E-state index in [4.69, 9.17) is 15.2 Å². The maximum Gasteiger partial charge on any atom is 0.336 e. The first kappa shape index (κ1) is 19.0. The third-order valence-electron chi connectivity index (χ3n) is 3.65. The number of hydrogen-bond donors (Lipinski definition) is 2. The van der Waals surface area contributed by atoms with Crippen molar-refractivity contribution in [3.63, 3.8) is 0 Å². The van der Waals surface area contributed by atoms with Gasteiger partial charge in [0.1, 0.15) is 11.5 Å². The number of nitrogens with two attached hydrogens (primary N) is 1. The fourth-order valence-corrected chi connectivity index (χ4v) is 3.43. The molecule has 2 aromatic carbocycles. The lowest BCUT2D eigenvalue weighted by Gasteiger charge is -2.22. The molecule has 0 unspecified atom stereocenters. The predicted molar refractivity (Wildman–Crippen MR) is 97.0 cm³/mol. The Morgan fingerprint density at radius 1 is 1.04 bits per heavy atom. The van der Waals surface area contributed by atoms with E-state index >= 15 is 0 Å². The molecule has 2 rings (SSSR count). The third-order valence-corrected chi connectivity index (χ3v) is 5.04. The summed E-state index contributed by atoms with van der Waals surface area (Å²) < 4.78 is 15.1. The maximum atomic E-state index is 11.9. The van der Waals surface area contributed by atoms with Crippen LogP contribution in [-0.4, -0.2) is 38.5 Å². The van der Waals surface area contributed by atoms with Gasteiger partial charge < -0.3 is 25.1 Å². The van der Waals surface area contributed by atoms with Crippen LogP contribution >= 0.6 is 11.8 Å². The van der Waals surface area contributed by atoms with Crippen molar-refractivity contribution in [1.82, 2.24) is 0 Å². The second-order valence-electron chi connectivity index (χ2n) is 5.18. The van der Waals surface area contributed by atoms with E-state index in [0.29, 0.717) is 22.1 Å². The summed E-state index contributed by atoms with van der Waals surface area (Å²) in [4.78, 5) is 12.6. The lowest BCUT2D eigenvalue weighted by atomic mass is 10.1. The molecule has 25 heavy (non-hydrogen) atoms. The average molecular weight is 363 g/mol. The molecule has 0 bridgehead atoms. The van der Waals surface area contributed by atoms with Crippen LogP contribution in [0.4, 0.5) is 5.69 Å². The molecule has 0 spiro atoms. The summed E-state index contributed by atoms with van der Waals surface area (Å²) in [5.41, 5.74) is 7.30. The molecule has 0 amide bonds. The number of rotatable bonds is 7. The molecule has 2 aromatic rings. The van der Waals surface area contributed by atoms with Crippen molar-refractivity contribution in [2.45, 2.75) is 16.2 Å². The van der Waals surface area contributed by atoms with Gasteiger partial charge in [-0.2, -0.15) is 0 Å². The largest absolute Gasteiger partial charge is 0.497 e. The Morgan fingerprint density at radius 3 is 2.20 bits per heavy atom. The van der Waals surface area contributed by atoms with Crippen molar-refractivity contribution >= 4 is 23.4 Å². The summed E-state index contributed by atoms with van der Waals surface area (Å²) in [6, 6.07) is 12.3. The molecule has 0 aliphatic carbocycles. The topological polar surface area (TPSA) is 91.0 Å². The number of nitrogen functional groups attached to an aromatic ring is 1. The number of thioether (sulfide) groups is 1. The number of aliphatic hydroxyl groups excluding tert-OH is 1. The molecule has 2 atom stereocenters. The molecule has 0 saturated carbocycles. The van der Waals surface area contributed by atoms with Crippen LogP contribution in [0.2, 0.25) is 0 Å². The molecule has 3 N–H and O–H groups in total. The van der Waals surface area contributed by atoms with Crippen molar-refractivity contribution < 1.29 is 24.1 Å². The van der Waals surface area contributed by atoms with Gasteiger partial charge in [-0.05, 0) is 35.9 Å².